The lowest BCUT2D eigenvalue weighted by Crippen LogP contribution is -2.44. The lowest BCUT2D eigenvalue weighted by Gasteiger charge is -2.25. The molecule has 0 unspecified atom stereocenters. The summed E-state index contributed by atoms with van der Waals surface area (Å²) in [7, 11) is 1.90. The molecule has 2 aliphatic heterocycles. The van der Waals surface area contributed by atoms with Crippen LogP contribution in [0.4, 0.5) is 0 Å². The second-order valence-corrected chi connectivity index (χ2v) is 6.58. The summed E-state index contributed by atoms with van der Waals surface area (Å²) < 4.78 is 6.15. The summed E-state index contributed by atoms with van der Waals surface area (Å²) in [6.07, 6.45) is 1.27. The molecule has 1 amide bonds. The zero-order valence-corrected chi connectivity index (χ0v) is 13.1. The molecule has 2 atom stereocenters. The minimum absolute atomic E-state index is 0.0730. The van der Waals surface area contributed by atoms with Crippen molar-refractivity contribution in [2.75, 3.05) is 26.7 Å². The molecule has 0 aliphatic carbocycles. The zero-order valence-electron chi connectivity index (χ0n) is 13.1. The molecule has 4 nitrogen and oxygen atoms in total. The van der Waals surface area contributed by atoms with E-state index in [1.807, 2.05) is 36.2 Å². The van der Waals surface area contributed by atoms with Gasteiger partial charge in [-0.25, -0.2) is 0 Å². The minimum Gasteiger partial charge on any atom is -0.486 e. The highest BCUT2D eigenvalue weighted by molar-refractivity contribution is 5.97. The number of likely N-dealkylation sites (tertiary alicyclic amines) is 1. The Morgan fingerprint density at radius 3 is 2.81 bits per heavy atom. The number of benzene rings is 1. The van der Waals surface area contributed by atoms with Crippen molar-refractivity contribution in [1.29, 1.82) is 0 Å². The van der Waals surface area contributed by atoms with Gasteiger partial charge in [-0.15, -0.1) is 0 Å². The molecule has 1 fully saturated rings. The summed E-state index contributed by atoms with van der Waals surface area (Å²) in [5, 5.41) is 0. The molecule has 3 rings (SSSR count). The molecule has 0 N–H and O–H groups in total. The molecule has 0 bridgehead atoms. The van der Waals surface area contributed by atoms with Crippen molar-refractivity contribution in [3.8, 4) is 5.75 Å². The van der Waals surface area contributed by atoms with Gasteiger partial charge in [-0.3, -0.25) is 9.69 Å². The molecule has 1 saturated heterocycles. The van der Waals surface area contributed by atoms with Crippen molar-refractivity contribution in [2.24, 2.45) is 5.92 Å². The lowest BCUT2D eigenvalue weighted by molar-refractivity contribution is 0.0682. The van der Waals surface area contributed by atoms with Crippen LogP contribution in [0.25, 0.3) is 0 Å². The molecule has 4 heteroatoms. The molecule has 1 aromatic carbocycles. The van der Waals surface area contributed by atoms with Gasteiger partial charge < -0.3 is 9.64 Å². The van der Waals surface area contributed by atoms with Gasteiger partial charge in [-0.2, -0.15) is 0 Å². The van der Waals surface area contributed by atoms with Crippen LogP contribution in [-0.2, 0) is 0 Å². The number of amides is 1. The van der Waals surface area contributed by atoms with Crippen molar-refractivity contribution in [3.05, 3.63) is 29.8 Å². The molecule has 0 saturated carbocycles. The second-order valence-electron chi connectivity index (χ2n) is 6.58. The molecule has 0 radical (unpaired) electrons. The number of nitrogens with zero attached hydrogens (tertiary/aromatic N) is 2. The van der Waals surface area contributed by atoms with Crippen LogP contribution < -0.4 is 4.74 Å². The SMILES string of the molecule is CC(C)CCN1C[C@@H]2Oc3ccccc3C(=O)N(C)[C@@H]2C1. The zero-order chi connectivity index (χ0) is 15.0. The molecule has 114 valence electrons. The van der Waals surface area contributed by atoms with Gasteiger partial charge in [-0.1, -0.05) is 26.0 Å². The highest BCUT2D eigenvalue weighted by Gasteiger charge is 2.41. The normalized spacial score (nSPS) is 25.5. The molecule has 0 aromatic heterocycles. The molecule has 21 heavy (non-hydrogen) atoms. The van der Waals surface area contributed by atoms with Crippen molar-refractivity contribution < 1.29 is 9.53 Å². The summed E-state index contributed by atoms with van der Waals surface area (Å²) in [6.45, 7) is 7.39. The van der Waals surface area contributed by atoms with Gasteiger partial charge >= 0.3 is 0 Å². The maximum atomic E-state index is 12.6. The molecular weight excluding hydrogens is 264 g/mol. The monoisotopic (exact) mass is 288 g/mol. The number of para-hydroxylation sites is 1. The summed E-state index contributed by atoms with van der Waals surface area (Å²) in [4.78, 5) is 16.9. The third-order valence-electron chi connectivity index (χ3n) is 4.55. The summed E-state index contributed by atoms with van der Waals surface area (Å²) >= 11 is 0. The fourth-order valence-electron chi connectivity index (χ4n) is 3.19. The summed E-state index contributed by atoms with van der Waals surface area (Å²) in [5.74, 6) is 1.51. The van der Waals surface area contributed by atoms with Crippen molar-refractivity contribution in [3.63, 3.8) is 0 Å². The Labute approximate surface area is 126 Å². The molecule has 2 heterocycles. The molecular formula is C17H24N2O2. The van der Waals surface area contributed by atoms with Crippen LogP contribution in [0, 0.1) is 5.92 Å². The van der Waals surface area contributed by atoms with Gasteiger partial charge in [0.25, 0.3) is 5.91 Å². The lowest BCUT2D eigenvalue weighted by atomic mass is 10.1. The quantitative estimate of drug-likeness (QED) is 0.855. The Balaban J connectivity index is 1.78. The highest BCUT2D eigenvalue weighted by atomic mass is 16.5. The molecule has 1 aromatic rings. The fourth-order valence-corrected chi connectivity index (χ4v) is 3.19. The van der Waals surface area contributed by atoms with Crippen LogP contribution >= 0.6 is 0 Å². The van der Waals surface area contributed by atoms with E-state index in [4.69, 9.17) is 4.74 Å². The maximum Gasteiger partial charge on any atom is 0.257 e. The van der Waals surface area contributed by atoms with Gasteiger partial charge in [0.2, 0.25) is 0 Å². The Hall–Kier alpha value is -1.55. The van der Waals surface area contributed by atoms with Crippen LogP contribution in [0.15, 0.2) is 24.3 Å². The smallest absolute Gasteiger partial charge is 0.257 e. The minimum atomic E-state index is 0.0730. The number of fused-ring (bicyclic) bond motifs is 2. The fraction of sp³-hybridized carbons (Fsp3) is 0.588. The van der Waals surface area contributed by atoms with Crippen LogP contribution in [-0.4, -0.2) is 54.5 Å². The van der Waals surface area contributed by atoms with Crippen LogP contribution in [0.1, 0.15) is 30.6 Å². The Kier molecular flexibility index (Phi) is 3.89. The average molecular weight is 288 g/mol. The first-order chi connectivity index (χ1) is 10.1. The number of hydrogen-bond donors (Lipinski definition) is 0. The van der Waals surface area contributed by atoms with Gasteiger partial charge in [0.15, 0.2) is 0 Å². The number of ether oxygens (including phenoxy) is 1. The number of carbonyl (C=O) groups is 1. The largest absolute Gasteiger partial charge is 0.486 e. The van der Waals surface area contributed by atoms with E-state index in [0.717, 1.165) is 25.4 Å². The van der Waals surface area contributed by atoms with Gasteiger partial charge in [0.05, 0.1) is 11.6 Å². The van der Waals surface area contributed by atoms with E-state index in [2.05, 4.69) is 18.7 Å². The van der Waals surface area contributed by atoms with Crippen LogP contribution in [0.2, 0.25) is 0 Å². The Morgan fingerprint density at radius 1 is 1.29 bits per heavy atom. The van der Waals surface area contributed by atoms with Gasteiger partial charge in [-0.05, 0) is 31.0 Å². The number of rotatable bonds is 3. The first-order valence-corrected chi connectivity index (χ1v) is 7.81. The standard InChI is InChI=1S/C17H24N2O2/c1-12(2)8-9-19-10-14-16(11-19)21-15-7-5-4-6-13(15)17(20)18(14)3/h4-7,12,14,16H,8-11H2,1-3H3/t14-,16+/m1/s1. The predicted molar refractivity (Wildman–Crippen MR) is 82.6 cm³/mol. The Morgan fingerprint density at radius 2 is 2.05 bits per heavy atom. The Bertz CT molecular complexity index is 529. The van der Waals surface area contributed by atoms with E-state index in [9.17, 15) is 4.79 Å². The van der Waals surface area contributed by atoms with Gasteiger partial charge in [0, 0.05) is 20.1 Å². The average Bonchev–Trinajstić information content (AvgIpc) is 2.83. The van der Waals surface area contributed by atoms with E-state index in [1.165, 1.54) is 6.42 Å². The van der Waals surface area contributed by atoms with Crippen LogP contribution in [0.5, 0.6) is 5.75 Å². The summed E-state index contributed by atoms with van der Waals surface area (Å²) in [5.41, 5.74) is 0.683. The second kappa shape index (κ2) is 5.68. The number of hydrogen-bond acceptors (Lipinski definition) is 3. The highest BCUT2D eigenvalue weighted by Crippen LogP contribution is 2.30. The first-order valence-electron chi connectivity index (χ1n) is 7.81. The van der Waals surface area contributed by atoms with Crippen molar-refractivity contribution >= 4 is 5.91 Å². The topological polar surface area (TPSA) is 32.8 Å². The van der Waals surface area contributed by atoms with E-state index in [-0.39, 0.29) is 18.1 Å². The van der Waals surface area contributed by atoms with Crippen LogP contribution in [0.3, 0.4) is 0 Å². The van der Waals surface area contributed by atoms with Crippen molar-refractivity contribution in [1.82, 2.24) is 9.80 Å². The molecule has 2 aliphatic rings. The third kappa shape index (κ3) is 2.77. The van der Waals surface area contributed by atoms with Crippen molar-refractivity contribution in [2.45, 2.75) is 32.4 Å². The van der Waals surface area contributed by atoms with E-state index in [0.29, 0.717) is 11.5 Å². The van der Waals surface area contributed by atoms with E-state index in [1.54, 1.807) is 0 Å². The van der Waals surface area contributed by atoms with Gasteiger partial charge in [0.1, 0.15) is 11.9 Å². The summed E-state index contributed by atoms with van der Waals surface area (Å²) in [6, 6.07) is 7.73. The first kappa shape index (κ1) is 14.4. The third-order valence-corrected chi connectivity index (χ3v) is 4.55. The predicted octanol–water partition coefficient (Wildman–Crippen LogP) is 2.25. The molecule has 0 spiro atoms. The number of likely N-dealkylation sites (N-methyl/N-ethyl adjacent to an activating group) is 1. The number of carbonyl (C=O) groups excluding carboxylic acids is 1. The van der Waals surface area contributed by atoms with E-state index >= 15 is 0 Å². The van der Waals surface area contributed by atoms with E-state index < -0.39 is 0 Å². The maximum absolute atomic E-state index is 12.6.